The van der Waals surface area contributed by atoms with E-state index in [0.29, 0.717) is 0 Å². The lowest BCUT2D eigenvalue weighted by atomic mass is 10.7. The molecule has 0 spiro atoms. The number of halogens is 1. The standard InChI is InChI=1S/C5H7IN2/c1-5(6)3-8-4-7-2/h3-4H,2H2,1H3/b5-3+,8-4?. The average Bonchev–Trinajstić information content (AvgIpc) is 1.66. The molecule has 8 heavy (non-hydrogen) atoms. The van der Waals surface area contributed by atoms with Gasteiger partial charge in [-0.15, -0.1) is 0 Å². The summed E-state index contributed by atoms with van der Waals surface area (Å²) in [6, 6.07) is 0. The van der Waals surface area contributed by atoms with Gasteiger partial charge in [0.2, 0.25) is 0 Å². The van der Waals surface area contributed by atoms with Gasteiger partial charge in [-0.25, -0.2) is 4.99 Å². The highest BCUT2D eigenvalue weighted by atomic mass is 127. The Morgan fingerprint density at radius 2 is 2.38 bits per heavy atom. The topological polar surface area (TPSA) is 24.7 Å². The first-order valence-electron chi connectivity index (χ1n) is 2.07. The third-order valence-corrected chi connectivity index (χ3v) is 0.679. The summed E-state index contributed by atoms with van der Waals surface area (Å²) in [5.74, 6) is 0. The quantitative estimate of drug-likeness (QED) is 0.388. The Labute approximate surface area is 62.6 Å². The largest absolute Gasteiger partial charge is 0.253 e. The summed E-state index contributed by atoms with van der Waals surface area (Å²) in [5.41, 5.74) is 0. The number of nitrogens with zero attached hydrogens (tertiary/aromatic N) is 2. The van der Waals surface area contributed by atoms with Crippen molar-refractivity contribution in [2.45, 2.75) is 6.92 Å². The molecule has 0 unspecified atom stereocenters. The van der Waals surface area contributed by atoms with Crippen LogP contribution in [0, 0.1) is 0 Å². The Hall–Kier alpha value is -0.190. The minimum Gasteiger partial charge on any atom is -0.253 e. The van der Waals surface area contributed by atoms with E-state index in [1.54, 1.807) is 6.20 Å². The first-order chi connectivity index (χ1) is 3.77. The van der Waals surface area contributed by atoms with Crippen LogP contribution >= 0.6 is 22.6 Å². The van der Waals surface area contributed by atoms with E-state index in [-0.39, 0.29) is 0 Å². The molecule has 0 heterocycles. The van der Waals surface area contributed by atoms with Gasteiger partial charge < -0.3 is 0 Å². The highest BCUT2D eigenvalue weighted by Crippen LogP contribution is 2.01. The summed E-state index contributed by atoms with van der Waals surface area (Å²) in [6.45, 7) is 5.19. The van der Waals surface area contributed by atoms with Crippen LogP contribution in [-0.2, 0) is 0 Å². The molecule has 0 rings (SSSR count). The number of aliphatic imine (C=N–C) groups is 2. The summed E-state index contributed by atoms with van der Waals surface area (Å²) >= 11 is 2.17. The zero-order valence-corrected chi connectivity index (χ0v) is 6.79. The predicted molar refractivity (Wildman–Crippen MR) is 45.8 cm³/mol. The second-order valence-electron chi connectivity index (χ2n) is 1.16. The van der Waals surface area contributed by atoms with E-state index in [1.807, 2.05) is 6.92 Å². The molecule has 0 fully saturated rings. The maximum atomic E-state index is 3.77. The third kappa shape index (κ3) is 5.81. The van der Waals surface area contributed by atoms with Crippen molar-refractivity contribution in [3.8, 4) is 0 Å². The summed E-state index contributed by atoms with van der Waals surface area (Å²) in [5, 5.41) is 0. The van der Waals surface area contributed by atoms with Gasteiger partial charge in [-0.3, -0.25) is 4.99 Å². The third-order valence-electron chi connectivity index (χ3n) is 0.401. The molecule has 0 bridgehead atoms. The number of rotatable bonds is 2. The van der Waals surface area contributed by atoms with Gasteiger partial charge in [-0.1, -0.05) is 0 Å². The fraction of sp³-hybridized carbons (Fsp3) is 0.200. The Morgan fingerprint density at radius 3 is 2.75 bits per heavy atom. The van der Waals surface area contributed by atoms with Gasteiger partial charge in [0.05, 0.1) is 0 Å². The molecule has 0 saturated carbocycles. The SMILES string of the molecule is C=NC=N/C=C(\C)I. The maximum Gasteiger partial charge on any atom is 0.114 e. The molecule has 2 nitrogen and oxygen atoms in total. The van der Waals surface area contributed by atoms with Crippen LogP contribution in [0.2, 0.25) is 0 Å². The molecular formula is C5H7IN2. The Balaban J connectivity index is 3.57. The molecule has 0 amide bonds. The van der Waals surface area contributed by atoms with Crippen LogP contribution in [0.4, 0.5) is 0 Å². The maximum absolute atomic E-state index is 3.77. The Morgan fingerprint density at radius 1 is 1.75 bits per heavy atom. The van der Waals surface area contributed by atoms with Crippen molar-refractivity contribution >= 4 is 35.6 Å². The van der Waals surface area contributed by atoms with Gasteiger partial charge in [-0.2, -0.15) is 0 Å². The first-order valence-corrected chi connectivity index (χ1v) is 3.15. The van der Waals surface area contributed by atoms with Gasteiger partial charge >= 0.3 is 0 Å². The average molecular weight is 222 g/mol. The van der Waals surface area contributed by atoms with E-state index in [0.717, 1.165) is 3.58 Å². The Bertz CT molecular complexity index is 122. The van der Waals surface area contributed by atoms with Gasteiger partial charge in [0.15, 0.2) is 0 Å². The second kappa shape index (κ2) is 4.96. The van der Waals surface area contributed by atoms with Gasteiger partial charge in [0.25, 0.3) is 0 Å². The van der Waals surface area contributed by atoms with Crippen molar-refractivity contribution in [2.24, 2.45) is 9.98 Å². The van der Waals surface area contributed by atoms with Crippen molar-refractivity contribution in [3.63, 3.8) is 0 Å². The van der Waals surface area contributed by atoms with Gasteiger partial charge in [-0.05, 0) is 36.2 Å². The minimum atomic E-state index is 1.13. The second-order valence-corrected chi connectivity index (χ2v) is 2.86. The number of allylic oxidation sites excluding steroid dienone is 1. The molecule has 0 aliphatic carbocycles. The van der Waals surface area contributed by atoms with E-state index in [9.17, 15) is 0 Å². The predicted octanol–water partition coefficient (Wildman–Crippen LogP) is 2.01. The summed E-state index contributed by atoms with van der Waals surface area (Å²) in [6.07, 6.45) is 3.12. The molecule has 44 valence electrons. The van der Waals surface area contributed by atoms with Crippen LogP contribution in [0.15, 0.2) is 19.8 Å². The van der Waals surface area contributed by atoms with Crippen LogP contribution in [0.5, 0.6) is 0 Å². The van der Waals surface area contributed by atoms with Crippen LogP contribution in [0.1, 0.15) is 6.92 Å². The van der Waals surface area contributed by atoms with Crippen molar-refractivity contribution in [1.29, 1.82) is 0 Å². The van der Waals surface area contributed by atoms with E-state index in [2.05, 4.69) is 39.3 Å². The van der Waals surface area contributed by atoms with Crippen molar-refractivity contribution in [2.75, 3.05) is 0 Å². The monoisotopic (exact) mass is 222 g/mol. The highest BCUT2D eigenvalue weighted by Gasteiger charge is 1.69. The molecule has 0 N–H and O–H groups in total. The van der Waals surface area contributed by atoms with Crippen molar-refractivity contribution in [3.05, 3.63) is 9.78 Å². The van der Waals surface area contributed by atoms with Gasteiger partial charge in [0, 0.05) is 9.78 Å². The van der Waals surface area contributed by atoms with Crippen LogP contribution in [0.3, 0.4) is 0 Å². The van der Waals surface area contributed by atoms with E-state index in [4.69, 9.17) is 0 Å². The van der Waals surface area contributed by atoms with Crippen molar-refractivity contribution in [1.82, 2.24) is 0 Å². The molecule has 0 aliphatic rings. The molecule has 0 saturated heterocycles. The zero-order valence-electron chi connectivity index (χ0n) is 4.63. The van der Waals surface area contributed by atoms with Gasteiger partial charge in [0.1, 0.15) is 6.34 Å². The fourth-order valence-electron chi connectivity index (χ4n) is 0.183. The van der Waals surface area contributed by atoms with E-state index >= 15 is 0 Å². The lowest BCUT2D eigenvalue weighted by Gasteiger charge is -1.76. The Kier molecular flexibility index (Phi) is 4.84. The molecule has 0 aromatic heterocycles. The van der Waals surface area contributed by atoms with Crippen LogP contribution in [0.25, 0.3) is 0 Å². The number of hydrogen-bond donors (Lipinski definition) is 0. The van der Waals surface area contributed by atoms with E-state index < -0.39 is 0 Å². The minimum absolute atomic E-state index is 1.13. The molecule has 3 heteroatoms. The van der Waals surface area contributed by atoms with E-state index in [1.165, 1.54) is 6.34 Å². The highest BCUT2D eigenvalue weighted by molar-refractivity contribution is 14.1. The summed E-state index contributed by atoms with van der Waals surface area (Å²) in [7, 11) is 0. The zero-order chi connectivity index (χ0) is 6.41. The van der Waals surface area contributed by atoms with Crippen molar-refractivity contribution < 1.29 is 0 Å². The van der Waals surface area contributed by atoms with Crippen LogP contribution < -0.4 is 0 Å². The summed E-state index contributed by atoms with van der Waals surface area (Å²) < 4.78 is 1.13. The molecule has 0 aromatic rings. The molecule has 0 aromatic carbocycles. The molecule has 0 radical (unpaired) electrons. The first kappa shape index (κ1) is 7.81. The summed E-state index contributed by atoms with van der Waals surface area (Å²) in [4.78, 5) is 7.18. The smallest absolute Gasteiger partial charge is 0.114 e. The molecular weight excluding hydrogens is 215 g/mol. The molecule has 0 atom stereocenters. The molecule has 0 aliphatic heterocycles. The lowest BCUT2D eigenvalue weighted by Crippen LogP contribution is -1.59. The normalized spacial score (nSPS) is 12.5. The van der Waals surface area contributed by atoms with Crippen LogP contribution in [-0.4, -0.2) is 13.1 Å². The fourth-order valence-corrected chi connectivity index (χ4v) is 0.344. The lowest BCUT2D eigenvalue weighted by molar-refractivity contribution is 1.51. The number of hydrogen-bond acceptors (Lipinski definition) is 1.